The van der Waals surface area contributed by atoms with Crippen molar-refractivity contribution in [1.29, 1.82) is 0 Å². The van der Waals surface area contributed by atoms with E-state index >= 15 is 0 Å². The lowest BCUT2D eigenvalue weighted by molar-refractivity contribution is -0.0581. The van der Waals surface area contributed by atoms with Crippen LogP contribution in [0.3, 0.4) is 0 Å². The van der Waals surface area contributed by atoms with Gasteiger partial charge in [-0.2, -0.15) is 13.6 Å². The summed E-state index contributed by atoms with van der Waals surface area (Å²) in [7, 11) is -21.3. The molecule has 2 saturated heterocycles. The number of nitrogens with two attached hydrogens (primary N) is 2. The minimum absolute atomic E-state index is 0.0458. The van der Waals surface area contributed by atoms with Gasteiger partial charge >= 0.3 is 31.3 Å². The number of imidazole rings is 2. The molecule has 30 nitrogen and oxygen atoms in total. The number of rotatable bonds is 21. The molecule has 4 aromatic heterocycles. The van der Waals surface area contributed by atoms with Gasteiger partial charge in [0.25, 0.3) is 5.56 Å². The smallest absolute Gasteiger partial charge is 0.387 e. The number of aromatic nitrogens is 8. The third-order valence-electron chi connectivity index (χ3n) is 9.71. The van der Waals surface area contributed by atoms with Crippen LogP contribution in [0.15, 0.2) is 54.1 Å². The highest BCUT2D eigenvalue weighted by atomic mass is 31.3. The predicted molar refractivity (Wildman–Crippen MR) is 217 cm³/mol. The van der Waals surface area contributed by atoms with Crippen LogP contribution in [0.4, 0.5) is 11.8 Å². The van der Waals surface area contributed by atoms with Crippen LogP contribution in [0.5, 0.6) is 0 Å². The Kier molecular flexibility index (Phi) is 14.8. The van der Waals surface area contributed by atoms with Crippen molar-refractivity contribution >= 4 is 65.4 Å². The van der Waals surface area contributed by atoms with Gasteiger partial charge in [0.05, 0.1) is 32.5 Å². The molecule has 0 spiro atoms. The highest BCUT2D eigenvalue weighted by molar-refractivity contribution is 7.66. The maximum Gasteiger partial charge on any atom is 0.490 e. The molecule has 0 aliphatic carbocycles. The number of methoxy groups -OCH3 is 1. The molecule has 11 N–H and O–H groups in total. The standard InChI is InChI=1S/C31H42N10O20P4/c1-53-24-23(59-62(45,46)55-11-17-21(42)22(43)29(57-17)41-15-37-20-27(41)38-31(33)39-28(20)44)18(58-30(24)40-14-36-19-25(32)34-13-35-26(19)40)12-56-64(49,50)61-65(51,52)60-63(47,48)54-10-6-5-9-16-7-3-2-4-8-16/h2-4,7-8,13-15,17-18,21-24,29-30,42-43H,5-6,9-12H2,1H3,(H,45,46)(H,47,48)(H,49,50)(H,51,52)(H2,32,34,35)(H3,33,38,39,44). The van der Waals surface area contributed by atoms with E-state index in [1.165, 1.54) is 10.9 Å². The zero-order valence-corrected chi connectivity index (χ0v) is 37.0. The number of nitrogens with one attached hydrogen (secondary N) is 1. The number of aliphatic hydroxyl groups excluding tert-OH is 2. The SMILES string of the molecule is COC1C(OP(=O)(O)OCC2OC(n3cnc4c(=O)[nH]c(N)nc43)C(O)C2O)C(COP(=O)(O)OP(=O)(O)OP(=O)(O)OCCCCc2ccccc2)OC1n1cnc2c(N)ncnc21. The van der Waals surface area contributed by atoms with Gasteiger partial charge in [-0.25, -0.2) is 38.2 Å². The lowest BCUT2D eigenvalue weighted by Gasteiger charge is -2.26. The van der Waals surface area contributed by atoms with E-state index in [4.69, 9.17) is 43.8 Å². The summed E-state index contributed by atoms with van der Waals surface area (Å²) >= 11 is 0. The molecular formula is C31H42N10O20P4. The van der Waals surface area contributed by atoms with Gasteiger partial charge in [0.1, 0.15) is 48.5 Å². The van der Waals surface area contributed by atoms with Crippen molar-refractivity contribution in [2.75, 3.05) is 38.4 Å². The molecule has 5 aromatic rings. The minimum atomic E-state index is -5.91. The average molecular weight is 999 g/mol. The maximum absolute atomic E-state index is 13.6. The van der Waals surface area contributed by atoms with Crippen molar-refractivity contribution in [2.45, 2.75) is 68.3 Å². The van der Waals surface area contributed by atoms with E-state index in [1.54, 1.807) is 0 Å². The Hall–Kier alpha value is -3.96. The Bertz CT molecular complexity index is 2730. The number of aliphatic hydroxyl groups is 2. The number of aryl methyl sites for hydroxylation is 1. The number of fused-ring (bicyclic) bond motifs is 2. The summed E-state index contributed by atoms with van der Waals surface area (Å²) in [6.07, 6.45) is -8.24. The van der Waals surface area contributed by atoms with Crippen LogP contribution in [-0.4, -0.2) is 132 Å². The van der Waals surface area contributed by atoms with Gasteiger partial charge in [-0.3, -0.25) is 37.0 Å². The summed E-state index contributed by atoms with van der Waals surface area (Å²) in [6, 6.07) is 9.26. The van der Waals surface area contributed by atoms with E-state index in [2.05, 4.69) is 38.5 Å². The van der Waals surface area contributed by atoms with Crippen LogP contribution in [0.2, 0.25) is 0 Å². The Labute approximate surface area is 364 Å². The molecule has 0 bridgehead atoms. The van der Waals surface area contributed by atoms with Crippen LogP contribution in [0.25, 0.3) is 22.3 Å². The first-order chi connectivity index (χ1) is 30.7. The summed E-state index contributed by atoms with van der Waals surface area (Å²) in [5.74, 6) is -0.336. The van der Waals surface area contributed by atoms with Gasteiger partial charge in [0.15, 0.2) is 35.1 Å². The average Bonchev–Trinajstić information content (AvgIpc) is 4.00. The van der Waals surface area contributed by atoms with E-state index in [0.29, 0.717) is 12.8 Å². The molecular weight excluding hydrogens is 956 g/mol. The van der Waals surface area contributed by atoms with Crippen molar-refractivity contribution in [3.8, 4) is 0 Å². The third kappa shape index (κ3) is 11.6. The first-order valence-corrected chi connectivity index (χ1v) is 24.9. The Morgan fingerprint density at radius 2 is 1.37 bits per heavy atom. The van der Waals surface area contributed by atoms with Gasteiger partial charge < -0.3 is 55.5 Å². The fourth-order valence-corrected chi connectivity index (χ4v) is 11.3. The summed E-state index contributed by atoms with van der Waals surface area (Å²) < 4.78 is 99.8. The molecule has 2 aliphatic heterocycles. The molecule has 6 heterocycles. The summed E-state index contributed by atoms with van der Waals surface area (Å²) in [5.41, 5.74) is 11.7. The second kappa shape index (κ2) is 19.7. The highest BCUT2D eigenvalue weighted by Crippen LogP contribution is 2.68. The van der Waals surface area contributed by atoms with Crippen molar-refractivity contribution in [3.63, 3.8) is 0 Å². The molecule has 0 saturated carbocycles. The topological polar surface area (TPSA) is 432 Å². The van der Waals surface area contributed by atoms with Crippen LogP contribution in [-0.2, 0) is 65.6 Å². The van der Waals surface area contributed by atoms with Crippen molar-refractivity contribution in [3.05, 3.63) is 65.2 Å². The highest BCUT2D eigenvalue weighted by Gasteiger charge is 2.53. The number of nitrogens with zero attached hydrogens (tertiary/aromatic N) is 7. The second-order valence-corrected chi connectivity index (χ2v) is 20.2. The van der Waals surface area contributed by atoms with Gasteiger partial charge in [0, 0.05) is 7.11 Å². The number of aromatic amines is 1. The summed E-state index contributed by atoms with van der Waals surface area (Å²) in [4.78, 5) is 76.1. The fourth-order valence-electron chi connectivity index (χ4n) is 6.82. The Morgan fingerprint density at radius 1 is 0.738 bits per heavy atom. The van der Waals surface area contributed by atoms with Crippen molar-refractivity contribution < 1.29 is 89.0 Å². The van der Waals surface area contributed by atoms with Gasteiger partial charge in [-0.15, -0.1) is 0 Å². The third-order valence-corrected chi connectivity index (χ3v) is 15.0. The van der Waals surface area contributed by atoms with E-state index in [0.717, 1.165) is 29.9 Å². The quantitative estimate of drug-likeness (QED) is 0.0358. The largest absolute Gasteiger partial charge is 0.490 e. The Morgan fingerprint density at radius 3 is 2.08 bits per heavy atom. The summed E-state index contributed by atoms with van der Waals surface area (Å²) in [5, 5.41) is 21.6. The van der Waals surface area contributed by atoms with E-state index in [1.807, 2.05) is 30.3 Å². The first-order valence-electron chi connectivity index (χ1n) is 18.9. The number of H-pyrrole nitrogens is 1. The maximum atomic E-state index is 13.6. The number of ether oxygens (including phenoxy) is 3. The Balaban J connectivity index is 1.02. The molecule has 7 rings (SSSR count). The van der Waals surface area contributed by atoms with Gasteiger partial charge in [0.2, 0.25) is 5.95 Å². The number of hydrogen-bond acceptors (Lipinski definition) is 23. The monoisotopic (exact) mass is 998 g/mol. The normalized spacial score (nSPS) is 27.4. The number of benzene rings is 1. The first kappa shape index (κ1) is 49.0. The number of unbranched alkanes of at least 4 members (excludes halogenated alkanes) is 1. The van der Waals surface area contributed by atoms with E-state index < -0.39 is 106 Å². The molecule has 0 radical (unpaired) electrons. The molecule has 2 aliphatic rings. The number of anilines is 2. The van der Waals surface area contributed by atoms with Crippen LogP contribution < -0.4 is 17.0 Å². The van der Waals surface area contributed by atoms with Gasteiger partial charge in [-0.1, -0.05) is 30.3 Å². The molecule has 0 amide bonds. The molecule has 12 unspecified atom stereocenters. The van der Waals surface area contributed by atoms with E-state index in [-0.39, 0.29) is 40.5 Å². The van der Waals surface area contributed by atoms with Gasteiger partial charge in [-0.05, 0) is 24.8 Å². The zero-order chi connectivity index (χ0) is 46.9. The number of hydrogen-bond donors (Lipinski definition) is 9. The molecule has 2 fully saturated rings. The minimum Gasteiger partial charge on any atom is -0.387 e. The van der Waals surface area contributed by atoms with Crippen LogP contribution in [0.1, 0.15) is 30.9 Å². The van der Waals surface area contributed by atoms with Crippen molar-refractivity contribution in [2.24, 2.45) is 0 Å². The summed E-state index contributed by atoms with van der Waals surface area (Å²) in [6.45, 7) is -2.50. The molecule has 34 heteroatoms. The number of phosphoric acid groups is 4. The van der Waals surface area contributed by atoms with Crippen molar-refractivity contribution in [1.82, 2.24) is 39.0 Å². The molecule has 356 valence electrons. The zero-order valence-electron chi connectivity index (χ0n) is 33.5. The van der Waals surface area contributed by atoms with E-state index in [9.17, 15) is 52.8 Å². The fraction of sp³-hybridized carbons (Fsp3) is 0.484. The predicted octanol–water partition coefficient (Wildman–Crippen LogP) is 0.548. The molecule has 1 aromatic carbocycles. The lowest BCUT2D eigenvalue weighted by Crippen LogP contribution is -2.38. The molecule has 12 atom stereocenters. The number of phosphoric ester groups is 3. The van der Waals surface area contributed by atoms with Crippen LogP contribution >= 0.6 is 31.3 Å². The lowest BCUT2D eigenvalue weighted by atomic mass is 10.1. The molecule has 65 heavy (non-hydrogen) atoms. The number of nitrogen functional groups attached to an aromatic ring is 2. The van der Waals surface area contributed by atoms with Crippen LogP contribution in [0, 0.1) is 0 Å². The second-order valence-electron chi connectivity index (χ2n) is 14.1.